The number of rotatable bonds is 4. The maximum Gasteiger partial charge on any atom is 0.175 e. The highest BCUT2D eigenvalue weighted by Crippen LogP contribution is 2.18. The highest BCUT2D eigenvalue weighted by molar-refractivity contribution is 6.29. The molecule has 0 fully saturated rings. The van der Waals surface area contributed by atoms with E-state index in [1.807, 2.05) is 0 Å². The van der Waals surface area contributed by atoms with Crippen molar-refractivity contribution in [3.05, 3.63) is 35.2 Å². The van der Waals surface area contributed by atoms with Gasteiger partial charge in [0.1, 0.15) is 6.10 Å². The standard InChI is InChI=1S/C10H10Cl2N4O2/c11-3-7(17)10(18)6-4-13-16(5-6)9-2-1-8(12)14-15-9/h1-2,4-5,7,10,17-18H,3H2. The molecule has 2 heterocycles. The van der Waals surface area contributed by atoms with Crippen molar-refractivity contribution in [1.82, 2.24) is 20.0 Å². The Morgan fingerprint density at radius 3 is 2.67 bits per heavy atom. The summed E-state index contributed by atoms with van der Waals surface area (Å²) in [6.45, 7) is 0. The Kier molecular flexibility index (Phi) is 4.13. The molecule has 0 saturated carbocycles. The number of hydrogen-bond donors (Lipinski definition) is 2. The molecule has 0 saturated heterocycles. The first-order valence-corrected chi connectivity index (χ1v) is 5.99. The number of alkyl halides is 1. The van der Waals surface area contributed by atoms with Crippen LogP contribution in [0, 0.1) is 0 Å². The zero-order valence-corrected chi connectivity index (χ0v) is 10.6. The largest absolute Gasteiger partial charge is 0.389 e. The number of aliphatic hydroxyl groups is 2. The molecule has 2 aromatic heterocycles. The van der Waals surface area contributed by atoms with Gasteiger partial charge in [-0.05, 0) is 12.1 Å². The van der Waals surface area contributed by atoms with Gasteiger partial charge in [-0.1, -0.05) is 11.6 Å². The predicted molar refractivity (Wildman–Crippen MR) is 65.9 cm³/mol. The van der Waals surface area contributed by atoms with Crippen molar-refractivity contribution in [2.24, 2.45) is 0 Å². The summed E-state index contributed by atoms with van der Waals surface area (Å²) in [5.74, 6) is 0.394. The third-order valence-electron chi connectivity index (χ3n) is 2.32. The molecule has 2 N–H and O–H groups in total. The second-order valence-electron chi connectivity index (χ2n) is 3.60. The second kappa shape index (κ2) is 5.62. The van der Waals surface area contributed by atoms with Crippen LogP contribution in [0.2, 0.25) is 5.15 Å². The van der Waals surface area contributed by atoms with Gasteiger partial charge in [-0.2, -0.15) is 5.10 Å². The summed E-state index contributed by atoms with van der Waals surface area (Å²) in [4.78, 5) is 0. The number of nitrogens with zero attached hydrogens (tertiary/aromatic N) is 4. The maximum absolute atomic E-state index is 9.75. The average Bonchev–Trinajstić information content (AvgIpc) is 2.87. The lowest BCUT2D eigenvalue weighted by atomic mass is 10.1. The van der Waals surface area contributed by atoms with Gasteiger partial charge in [-0.3, -0.25) is 0 Å². The van der Waals surface area contributed by atoms with Crippen LogP contribution < -0.4 is 0 Å². The van der Waals surface area contributed by atoms with Crippen LogP contribution in [0.1, 0.15) is 11.7 Å². The number of hydrogen-bond acceptors (Lipinski definition) is 5. The molecule has 0 aliphatic rings. The normalized spacial score (nSPS) is 14.4. The van der Waals surface area contributed by atoms with Crippen LogP contribution in [-0.2, 0) is 0 Å². The fourth-order valence-corrected chi connectivity index (χ4v) is 1.62. The monoisotopic (exact) mass is 288 g/mol. The van der Waals surface area contributed by atoms with E-state index in [9.17, 15) is 10.2 Å². The molecule has 6 nitrogen and oxygen atoms in total. The van der Waals surface area contributed by atoms with Crippen molar-refractivity contribution in [2.45, 2.75) is 12.2 Å². The van der Waals surface area contributed by atoms with Crippen molar-refractivity contribution in [2.75, 3.05) is 5.88 Å². The van der Waals surface area contributed by atoms with Crippen molar-refractivity contribution < 1.29 is 10.2 Å². The molecule has 18 heavy (non-hydrogen) atoms. The lowest BCUT2D eigenvalue weighted by Crippen LogP contribution is -2.19. The molecule has 0 aliphatic carbocycles. The molecule has 0 radical (unpaired) electrons. The molecular weight excluding hydrogens is 279 g/mol. The molecule has 0 bridgehead atoms. The summed E-state index contributed by atoms with van der Waals surface area (Å²) >= 11 is 11.1. The third kappa shape index (κ3) is 2.78. The van der Waals surface area contributed by atoms with Gasteiger partial charge in [0.15, 0.2) is 11.0 Å². The predicted octanol–water partition coefficient (Wildman–Crippen LogP) is 0.949. The fraction of sp³-hybridized carbons (Fsp3) is 0.300. The van der Waals surface area contributed by atoms with Crippen LogP contribution in [0.25, 0.3) is 5.82 Å². The lowest BCUT2D eigenvalue weighted by molar-refractivity contribution is 0.0327. The van der Waals surface area contributed by atoms with E-state index in [1.165, 1.54) is 10.9 Å². The fourth-order valence-electron chi connectivity index (χ4n) is 1.35. The first kappa shape index (κ1) is 13.2. The SMILES string of the molecule is OC(CCl)C(O)c1cnn(-c2ccc(Cl)nn2)c1. The molecule has 0 spiro atoms. The summed E-state index contributed by atoms with van der Waals surface area (Å²) in [6.07, 6.45) is 0.840. The summed E-state index contributed by atoms with van der Waals surface area (Å²) in [6, 6.07) is 3.21. The first-order valence-electron chi connectivity index (χ1n) is 5.08. The van der Waals surface area contributed by atoms with Gasteiger partial charge in [0.25, 0.3) is 0 Å². The van der Waals surface area contributed by atoms with E-state index in [0.717, 1.165) is 0 Å². The van der Waals surface area contributed by atoms with E-state index < -0.39 is 12.2 Å². The highest BCUT2D eigenvalue weighted by atomic mass is 35.5. The number of aromatic nitrogens is 4. The Hall–Kier alpha value is -1.21. The van der Waals surface area contributed by atoms with E-state index in [4.69, 9.17) is 23.2 Å². The van der Waals surface area contributed by atoms with E-state index in [1.54, 1.807) is 18.3 Å². The van der Waals surface area contributed by atoms with Crippen molar-refractivity contribution in [1.29, 1.82) is 0 Å². The molecule has 8 heteroatoms. The van der Waals surface area contributed by atoms with Gasteiger partial charge in [-0.15, -0.1) is 21.8 Å². The summed E-state index contributed by atoms with van der Waals surface area (Å²) in [5, 5.41) is 31.0. The minimum absolute atomic E-state index is 0.0624. The van der Waals surface area contributed by atoms with Crippen molar-refractivity contribution >= 4 is 23.2 Å². The minimum Gasteiger partial charge on any atom is -0.389 e. The molecule has 2 unspecified atom stereocenters. The molecule has 0 amide bonds. The zero-order chi connectivity index (χ0) is 13.1. The average molecular weight is 289 g/mol. The van der Waals surface area contributed by atoms with Crippen LogP contribution in [0.5, 0.6) is 0 Å². The quantitative estimate of drug-likeness (QED) is 0.819. The van der Waals surface area contributed by atoms with Crippen LogP contribution in [0.4, 0.5) is 0 Å². The van der Waals surface area contributed by atoms with Gasteiger partial charge in [-0.25, -0.2) is 4.68 Å². The molecule has 2 rings (SSSR count). The number of aliphatic hydroxyl groups excluding tert-OH is 2. The van der Waals surface area contributed by atoms with E-state index in [0.29, 0.717) is 11.4 Å². The van der Waals surface area contributed by atoms with Gasteiger partial charge in [0, 0.05) is 11.8 Å². The molecular formula is C10H10Cl2N4O2. The van der Waals surface area contributed by atoms with E-state index in [2.05, 4.69) is 15.3 Å². The van der Waals surface area contributed by atoms with Gasteiger partial charge < -0.3 is 10.2 Å². The zero-order valence-electron chi connectivity index (χ0n) is 9.11. The summed E-state index contributed by atoms with van der Waals surface area (Å²) < 4.78 is 1.42. The van der Waals surface area contributed by atoms with Crippen LogP contribution in [-0.4, -0.2) is 42.2 Å². The first-order chi connectivity index (χ1) is 8.61. The molecule has 0 aliphatic heterocycles. The Morgan fingerprint density at radius 1 is 1.28 bits per heavy atom. The Labute approximate surface area is 113 Å². The van der Waals surface area contributed by atoms with Crippen LogP contribution in [0.15, 0.2) is 24.5 Å². The topological polar surface area (TPSA) is 84.1 Å². The summed E-state index contributed by atoms with van der Waals surface area (Å²) in [7, 11) is 0. The third-order valence-corrected chi connectivity index (χ3v) is 2.84. The molecule has 96 valence electrons. The van der Waals surface area contributed by atoms with Gasteiger partial charge in [0.05, 0.1) is 18.2 Å². The van der Waals surface area contributed by atoms with Crippen LogP contribution >= 0.6 is 23.2 Å². The Morgan fingerprint density at radius 2 is 2.06 bits per heavy atom. The van der Waals surface area contributed by atoms with Gasteiger partial charge >= 0.3 is 0 Å². The molecule has 2 aromatic rings. The van der Waals surface area contributed by atoms with E-state index >= 15 is 0 Å². The Balaban J connectivity index is 2.22. The highest BCUT2D eigenvalue weighted by Gasteiger charge is 2.19. The van der Waals surface area contributed by atoms with E-state index in [-0.39, 0.29) is 11.0 Å². The maximum atomic E-state index is 9.75. The Bertz CT molecular complexity index is 517. The van der Waals surface area contributed by atoms with Crippen molar-refractivity contribution in [3.63, 3.8) is 0 Å². The minimum atomic E-state index is -1.09. The molecule has 0 aromatic carbocycles. The summed E-state index contributed by atoms with van der Waals surface area (Å²) in [5.41, 5.74) is 0.444. The van der Waals surface area contributed by atoms with Crippen molar-refractivity contribution in [3.8, 4) is 5.82 Å². The second-order valence-corrected chi connectivity index (χ2v) is 4.29. The lowest BCUT2D eigenvalue weighted by Gasteiger charge is -2.12. The number of halogens is 2. The van der Waals surface area contributed by atoms with Gasteiger partial charge in [0.2, 0.25) is 0 Å². The van der Waals surface area contributed by atoms with Crippen LogP contribution in [0.3, 0.4) is 0 Å². The smallest absolute Gasteiger partial charge is 0.175 e. The molecule has 2 atom stereocenters.